The van der Waals surface area contributed by atoms with Gasteiger partial charge in [0.1, 0.15) is 5.75 Å². The molecule has 188 valence electrons. The van der Waals surface area contributed by atoms with Gasteiger partial charge in [-0.3, -0.25) is 9.59 Å². The first kappa shape index (κ1) is 25.0. The molecule has 4 bridgehead atoms. The third kappa shape index (κ3) is 4.82. The zero-order chi connectivity index (χ0) is 25.2. The lowest BCUT2D eigenvalue weighted by molar-refractivity contribution is -0.274. The number of rotatable bonds is 8. The molecule has 11 heteroatoms. The van der Waals surface area contributed by atoms with Crippen molar-refractivity contribution in [3.05, 3.63) is 24.3 Å². The van der Waals surface area contributed by atoms with Crippen molar-refractivity contribution in [2.24, 2.45) is 28.4 Å². The van der Waals surface area contributed by atoms with E-state index in [1.807, 2.05) is 0 Å². The minimum Gasteiger partial charge on any atom is -0.406 e. The number of amides is 1. The molecule has 3 N–H and O–H groups in total. The Morgan fingerprint density at radius 3 is 2.15 bits per heavy atom. The Hall–Kier alpha value is -2.14. The van der Waals surface area contributed by atoms with Crippen molar-refractivity contribution < 1.29 is 35.9 Å². The highest BCUT2D eigenvalue weighted by atomic mass is 32.2. The van der Waals surface area contributed by atoms with Gasteiger partial charge >= 0.3 is 6.36 Å². The topological polar surface area (TPSA) is 116 Å². The summed E-state index contributed by atoms with van der Waals surface area (Å²) in [4.78, 5) is 25.4. The average Bonchev–Trinajstić information content (AvgIpc) is 2.64. The van der Waals surface area contributed by atoms with Gasteiger partial charge in [-0.25, -0.2) is 8.42 Å². The standard InChI is InChI=1S/C23H29F3N2O5S/c1-20(2,28-34(31,32)17-5-3-16(4-6-17)33-23(24,25)26)18(29)12-21-8-14-7-15(9-21)11-22(10-14,13-21)19(27)30/h3-6,14-15,28H,7-13H2,1-2H3,(H2,27,30). The minimum absolute atomic E-state index is 0.142. The summed E-state index contributed by atoms with van der Waals surface area (Å²) in [7, 11) is -4.20. The summed E-state index contributed by atoms with van der Waals surface area (Å²) < 4.78 is 68.9. The maximum atomic E-state index is 13.4. The number of hydrogen-bond donors (Lipinski definition) is 2. The first-order chi connectivity index (χ1) is 15.5. The van der Waals surface area contributed by atoms with E-state index in [0.717, 1.165) is 56.4 Å². The van der Waals surface area contributed by atoms with Crippen LogP contribution in [0.5, 0.6) is 5.75 Å². The smallest absolute Gasteiger partial charge is 0.406 e. The van der Waals surface area contributed by atoms with E-state index in [-0.39, 0.29) is 28.4 Å². The van der Waals surface area contributed by atoms with Gasteiger partial charge in [-0.1, -0.05) is 0 Å². The number of nitrogens with one attached hydrogen (secondary N) is 1. The Morgan fingerprint density at radius 2 is 1.65 bits per heavy atom. The van der Waals surface area contributed by atoms with Crippen LogP contribution in [0.25, 0.3) is 0 Å². The number of ether oxygens (including phenoxy) is 1. The Labute approximate surface area is 196 Å². The molecule has 4 fully saturated rings. The van der Waals surface area contributed by atoms with Crippen molar-refractivity contribution in [3.8, 4) is 5.75 Å². The molecule has 1 amide bonds. The van der Waals surface area contributed by atoms with Gasteiger partial charge < -0.3 is 10.5 Å². The number of ketones is 1. The van der Waals surface area contributed by atoms with Gasteiger partial charge in [0, 0.05) is 6.42 Å². The molecule has 4 aliphatic carbocycles. The summed E-state index contributed by atoms with van der Waals surface area (Å²) in [6.45, 7) is 2.94. The first-order valence-corrected chi connectivity index (χ1v) is 12.7. The molecule has 0 radical (unpaired) electrons. The van der Waals surface area contributed by atoms with Gasteiger partial charge in [-0.15, -0.1) is 13.2 Å². The van der Waals surface area contributed by atoms with E-state index in [2.05, 4.69) is 9.46 Å². The van der Waals surface area contributed by atoms with Gasteiger partial charge in [0.25, 0.3) is 0 Å². The molecule has 5 rings (SSSR count). The van der Waals surface area contributed by atoms with Crippen molar-refractivity contribution in [3.63, 3.8) is 0 Å². The van der Waals surface area contributed by atoms with Crippen LogP contribution in [-0.4, -0.2) is 32.0 Å². The number of alkyl halides is 3. The highest BCUT2D eigenvalue weighted by molar-refractivity contribution is 7.89. The zero-order valence-electron chi connectivity index (χ0n) is 19.1. The largest absolute Gasteiger partial charge is 0.573 e. The molecule has 0 saturated heterocycles. The highest BCUT2D eigenvalue weighted by Gasteiger charge is 2.60. The maximum absolute atomic E-state index is 13.4. The van der Waals surface area contributed by atoms with E-state index in [1.54, 1.807) is 0 Å². The van der Waals surface area contributed by atoms with Gasteiger partial charge in [0.2, 0.25) is 15.9 Å². The van der Waals surface area contributed by atoms with E-state index in [4.69, 9.17) is 5.73 Å². The summed E-state index contributed by atoms with van der Waals surface area (Å²) in [6, 6.07) is 3.77. The van der Waals surface area contributed by atoms with Crippen molar-refractivity contribution in [2.45, 2.75) is 75.6 Å². The van der Waals surface area contributed by atoms with Crippen LogP contribution >= 0.6 is 0 Å². The molecule has 1 aromatic carbocycles. The fraction of sp³-hybridized carbons (Fsp3) is 0.652. The lowest BCUT2D eigenvalue weighted by Gasteiger charge is -2.61. The van der Waals surface area contributed by atoms with Crippen molar-refractivity contribution in [2.75, 3.05) is 0 Å². The lowest BCUT2D eigenvalue weighted by Crippen LogP contribution is -2.58. The van der Waals surface area contributed by atoms with Crippen molar-refractivity contribution in [1.82, 2.24) is 4.72 Å². The van der Waals surface area contributed by atoms with Gasteiger partial charge in [-0.2, -0.15) is 4.72 Å². The molecular weight excluding hydrogens is 473 g/mol. The number of sulfonamides is 1. The molecule has 2 atom stereocenters. The number of nitrogens with two attached hydrogens (primary N) is 1. The van der Waals surface area contributed by atoms with Crippen molar-refractivity contribution >= 4 is 21.7 Å². The molecule has 34 heavy (non-hydrogen) atoms. The molecule has 4 saturated carbocycles. The van der Waals surface area contributed by atoms with Crippen LogP contribution in [0.2, 0.25) is 0 Å². The minimum atomic E-state index is -4.89. The van der Waals surface area contributed by atoms with Crippen LogP contribution in [0.3, 0.4) is 0 Å². The SMILES string of the molecule is CC(C)(NS(=O)(=O)c1ccc(OC(F)(F)F)cc1)C(=O)CC12CC3CC(C1)CC(C(N)=O)(C3)C2. The lowest BCUT2D eigenvalue weighted by atomic mass is 9.43. The summed E-state index contributed by atoms with van der Waals surface area (Å²) in [5, 5.41) is 0. The van der Waals surface area contributed by atoms with Crippen LogP contribution < -0.4 is 15.2 Å². The number of hydrogen-bond acceptors (Lipinski definition) is 5. The Balaban J connectivity index is 1.48. The third-order valence-corrected chi connectivity index (χ3v) is 9.37. The molecule has 0 aromatic heterocycles. The van der Waals surface area contributed by atoms with E-state index in [1.165, 1.54) is 13.8 Å². The number of carbonyl (C=O) groups is 2. The van der Waals surface area contributed by atoms with Crippen LogP contribution in [-0.2, 0) is 19.6 Å². The third-order valence-electron chi connectivity index (χ3n) is 7.69. The molecule has 0 spiro atoms. The predicted octanol–water partition coefficient (Wildman–Crippen LogP) is 3.67. The van der Waals surface area contributed by atoms with Gasteiger partial charge in [-0.05, 0) is 93.9 Å². The number of primary amides is 1. The number of benzene rings is 1. The van der Waals surface area contributed by atoms with Crippen LogP contribution in [0.1, 0.15) is 58.8 Å². The summed E-state index contributed by atoms with van der Waals surface area (Å²) >= 11 is 0. The Bertz CT molecular complexity index is 1080. The predicted molar refractivity (Wildman–Crippen MR) is 116 cm³/mol. The maximum Gasteiger partial charge on any atom is 0.573 e. The molecule has 2 unspecified atom stereocenters. The summed E-state index contributed by atoms with van der Waals surface area (Å²) in [5.41, 5.74) is 3.38. The van der Waals surface area contributed by atoms with E-state index < -0.39 is 33.1 Å². The Morgan fingerprint density at radius 1 is 1.09 bits per heavy atom. The Kier molecular flexibility index (Phi) is 5.83. The number of Topliss-reactive ketones (excluding diaryl/α,β-unsaturated/α-hetero) is 1. The normalized spacial score (nSPS) is 30.9. The van der Waals surface area contributed by atoms with Gasteiger partial charge in [0.05, 0.1) is 15.8 Å². The number of carbonyl (C=O) groups excluding carboxylic acids is 2. The average molecular weight is 503 g/mol. The fourth-order valence-corrected chi connectivity index (χ4v) is 8.18. The van der Waals surface area contributed by atoms with Crippen LogP contribution in [0, 0.1) is 22.7 Å². The van der Waals surface area contributed by atoms with Crippen LogP contribution in [0.4, 0.5) is 13.2 Å². The van der Waals surface area contributed by atoms with Gasteiger partial charge in [0.15, 0.2) is 5.78 Å². The second-order valence-electron chi connectivity index (χ2n) is 11.0. The first-order valence-electron chi connectivity index (χ1n) is 11.3. The van der Waals surface area contributed by atoms with E-state index in [0.29, 0.717) is 18.3 Å². The highest BCUT2D eigenvalue weighted by Crippen LogP contribution is 2.66. The second kappa shape index (κ2) is 7.94. The molecule has 7 nitrogen and oxygen atoms in total. The summed E-state index contributed by atoms with van der Waals surface area (Å²) in [6.07, 6.45) is 0.0200. The van der Waals surface area contributed by atoms with E-state index in [9.17, 15) is 31.2 Å². The second-order valence-corrected chi connectivity index (χ2v) is 12.6. The molecule has 4 aliphatic rings. The quantitative estimate of drug-likeness (QED) is 0.563. The summed E-state index contributed by atoms with van der Waals surface area (Å²) in [5.74, 6) is -0.462. The number of halogens is 3. The molecule has 1 aromatic rings. The zero-order valence-corrected chi connectivity index (χ0v) is 19.9. The molecular formula is C23H29F3N2O5S. The molecule has 0 heterocycles. The van der Waals surface area contributed by atoms with Crippen molar-refractivity contribution in [1.29, 1.82) is 0 Å². The van der Waals surface area contributed by atoms with E-state index >= 15 is 0 Å². The fourth-order valence-electron chi connectivity index (χ4n) is 6.78. The van der Waals surface area contributed by atoms with Crippen LogP contribution in [0.15, 0.2) is 29.2 Å². The monoisotopic (exact) mass is 502 g/mol. The molecule has 0 aliphatic heterocycles.